The predicted molar refractivity (Wildman–Crippen MR) is 168 cm³/mol. The van der Waals surface area contributed by atoms with Gasteiger partial charge in [0.1, 0.15) is 11.6 Å². The van der Waals surface area contributed by atoms with Crippen LogP contribution >= 0.6 is 0 Å². The standard InChI is InChI=1S/C34H48N4O6/c1-22-11-12-27-25(18-22)20-41-21-26-19-28-35-24(3)29(30(32(39)40)44-33(4,5)6)31(38(28)36-26)37-15-13-34(7,14-16-37)42-17-9-8-10-23(2)43-27/h11-12,18-19,23,30H,8-10,13-17,20-21H2,1-7H3,(H,39,40). The Labute approximate surface area is 260 Å². The number of rotatable bonds is 3. The topological polar surface area (TPSA) is 108 Å². The van der Waals surface area contributed by atoms with Gasteiger partial charge in [-0.05, 0) is 86.6 Å². The van der Waals surface area contributed by atoms with Crippen molar-refractivity contribution in [2.24, 2.45) is 0 Å². The molecule has 240 valence electrons. The largest absolute Gasteiger partial charge is 0.490 e. The van der Waals surface area contributed by atoms with Crippen LogP contribution < -0.4 is 9.64 Å². The number of aromatic nitrogens is 3. The van der Waals surface area contributed by atoms with Gasteiger partial charge in [0.25, 0.3) is 0 Å². The molecule has 0 spiro atoms. The molecule has 3 aromatic rings. The summed E-state index contributed by atoms with van der Waals surface area (Å²) in [6.07, 6.45) is 3.41. The van der Waals surface area contributed by atoms with Crippen LogP contribution in [0, 0.1) is 13.8 Å². The molecule has 0 saturated carbocycles. The van der Waals surface area contributed by atoms with Gasteiger partial charge in [-0.25, -0.2) is 9.78 Å². The second-order valence-electron chi connectivity index (χ2n) is 13.6. The molecule has 0 radical (unpaired) electrons. The van der Waals surface area contributed by atoms with E-state index in [-0.39, 0.29) is 18.3 Å². The lowest BCUT2D eigenvalue weighted by Crippen LogP contribution is -2.46. The summed E-state index contributed by atoms with van der Waals surface area (Å²) in [4.78, 5) is 19.7. The van der Waals surface area contributed by atoms with E-state index < -0.39 is 17.7 Å². The van der Waals surface area contributed by atoms with Crippen molar-refractivity contribution in [3.05, 3.63) is 52.3 Å². The van der Waals surface area contributed by atoms with Crippen LogP contribution in [0.5, 0.6) is 5.75 Å². The number of anilines is 1. The Bertz CT molecular complexity index is 1470. The molecule has 3 aliphatic rings. The molecule has 1 N–H and O–H groups in total. The van der Waals surface area contributed by atoms with Gasteiger partial charge in [-0.1, -0.05) is 17.7 Å². The molecule has 5 heterocycles. The molecular weight excluding hydrogens is 560 g/mol. The van der Waals surface area contributed by atoms with Crippen molar-refractivity contribution in [2.45, 2.75) is 117 Å². The molecular formula is C34H48N4O6. The van der Waals surface area contributed by atoms with Crippen LogP contribution in [0.15, 0.2) is 24.3 Å². The number of hydrogen-bond donors (Lipinski definition) is 1. The Kier molecular flexibility index (Phi) is 9.53. The molecule has 2 atom stereocenters. The van der Waals surface area contributed by atoms with Crippen LogP contribution in [-0.4, -0.2) is 62.7 Å². The van der Waals surface area contributed by atoms with E-state index in [2.05, 4.69) is 37.8 Å². The molecule has 0 amide bonds. The number of aliphatic carboxylic acids is 1. The van der Waals surface area contributed by atoms with Gasteiger partial charge in [0.15, 0.2) is 11.8 Å². The van der Waals surface area contributed by atoms with Gasteiger partial charge in [-0.2, -0.15) is 9.61 Å². The number of benzene rings is 1. The van der Waals surface area contributed by atoms with E-state index in [1.807, 2.05) is 39.8 Å². The molecule has 4 bridgehead atoms. The highest BCUT2D eigenvalue weighted by atomic mass is 16.5. The predicted octanol–water partition coefficient (Wildman–Crippen LogP) is 6.33. The minimum Gasteiger partial charge on any atom is -0.490 e. The highest BCUT2D eigenvalue weighted by Crippen LogP contribution is 2.38. The van der Waals surface area contributed by atoms with Crippen molar-refractivity contribution < 1.29 is 28.8 Å². The van der Waals surface area contributed by atoms with E-state index >= 15 is 0 Å². The number of carboxylic acids is 1. The smallest absolute Gasteiger partial charge is 0.337 e. The fourth-order valence-electron chi connectivity index (χ4n) is 6.10. The number of ether oxygens (including phenoxy) is 4. The summed E-state index contributed by atoms with van der Waals surface area (Å²) in [5.41, 5.74) is 3.68. The molecule has 10 heteroatoms. The molecule has 0 aliphatic carbocycles. The first kappa shape index (κ1) is 32.2. The number of fused-ring (bicyclic) bond motifs is 10. The lowest BCUT2D eigenvalue weighted by Gasteiger charge is -2.41. The average molecular weight is 609 g/mol. The lowest BCUT2D eigenvalue weighted by atomic mass is 9.92. The molecule has 2 aromatic heterocycles. The number of nitrogens with zero attached hydrogens (tertiary/aromatic N) is 4. The number of hydrogen-bond acceptors (Lipinski definition) is 8. The SMILES string of the molecule is Cc1ccc2c(c1)COCc1cc3nc(C)c(C(OC(C)(C)C)C(=O)O)c(n3n1)N1CCC(C)(CC1)OCCCCC(C)O2. The zero-order valence-corrected chi connectivity index (χ0v) is 27.3. The van der Waals surface area contributed by atoms with E-state index in [0.29, 0.717) is 54.7 Å². The Balaban J connectivity index is 1.55. The maximum atomic E-state index is 12.7. The summed E-state index contributed by atoms with van der Waals surface area (Å²) in [5, 5.41) is 15.3. The number of carboxylic acid groups (broad SMARTS) is 1. The first-order valence-corrected chi connectivity index (χ1v) is 15.8. The zero-order valence-electron chi connectivity index (χ0n) is 27.3. The quantitative estimate of drug-likeness (QED) is 0.365. The molecule has 2 unspecified atom stereocenters. The van der Waals surface area contributed by atoms with E-state index in [1.165, 1.54) is 0 Å². The fraction of sp³-hybridized carbons (Fsp3) is 0.618. The minimum atomic E-state index is -1.21. The fourth-order valence-corrected chi connectivity index (χ4v) is 6.10. The van der Waals surface area contributed by atoms with Crippen LogP contribution in [-0.2, 0) is 32.2 Å². The van der Waals surface area contributed by atoms with Crippen LogP contribution in [0.4, 0.5) is 5.82 Å². The third kappa shape index (κ3) is 7.53. The maximum absolute atomic E-state index is 12.7. The summed E-state index contributed by atoms with van der Waals surface area (Å²) in [7, 11) is 0. The van der Waals surface area contributed by atoms with Gasteiger partial charge < -0.3 is 29.0 Å². The third-order valence-corrected chi connectivity index (χ3v) is 8.44. The van der Waals surface area contributed by atoms with E-state index in [0.717, 1.165) is 49.0 Å². The molecule has 44 heavy (non-hydrogen) atoms. The van der Waals surface area contributed by atoms with Crippen molar-refractivity contribution >= 4 is 17.4 Å². The molecule has 3 aliphatic heterocycles. The van der Waals surface area contributed by atoms with Crippen molar-refractivity contribution in [3.63, 3.8) is 0 Å². The van der Waals surface area contributed by atoms with Crippen LogP contribution in [0.2, 0.25) is 0 Å². The van der Waals surface area contributed by atoms with Gasteiger partial charge in [0.2, 0.25) is 0 Å². The van der Waals surface area contributed by atoms with Gasteiger partial charge >= 0.3 is 5.97 Å². The second-order valence-corrected chi connectivity index (χ2v) is 13.6. The van der Waals surface area contributed by atoms with Gasteiger partial charge in [-0.3, -0.25) is 0 Å². The molecule has 1 aromatic carbocycles. The average Bonchev–Trinajstić information content (AvgIpc) is 3.34. The van der Waals surface area contributed by atoms with Crippen molar-refractivity contribution in [1.82, 2.24) is 14.6 Å². The summed E-state index contributed by atoms with van der Waals surface area (Å²) in [6, 6.07) is 8.10. The highest BCUT2D eigenvalue weighted by molar-refractivity contribution is 5.78. The number of carbonyl (C=O) groups is 1. The summed E-state index contributed by atoms with van der Waals surface area (Å²) < 4.78 is 26.9. The Morgan fingerprint density at radius 2 is 1.89 bits per heavy atom. The first-order valence-electron chi connectivity index (χ1n) is 15.8. The second kappa shape index (κ2) is 13.0. The van der Waals surface area contributed by atoms with E-state index in [9.17, 15) is 9.90 Å². The van der Waals surface area contributed by atoms with Gasteiger partial charge in [0.05, 0.1) is 41.8 Å². The minimum absolute atomic E-state index is 0.0816. The monoisotopic (exact) mass is 608 g/mol. The molecule has 10 nitrogen and oxygen atoms in total. The number of aryl methyl sites for hydroxylation is 2. The van der Waals surface area contributed by atoms with Crippen molar-refractivity contribution in [2.75, 3.05) is 24.6 Å². The third-order valence-electron chi connectivity index (χ3n) is 8.44. The normalized spacial score (nSPS) is 22.9. The molecule has 1 fully saturated rings. The molecule has 1 saturated heterocycles. The first-order chi connectivity index (χ1) is 20.8. The summed E-state index contributed by atoms with van der Waals surface area (Å²) in [5.74, 6) is 0.484. The van der Waals surface area contributed by atoms with Gasteiger partial charge in [-0.15, -0.1) is 0 Å². The Hall–Kier alpha value is -3.21. The Morgan fingerprint density at radius 3 is 2.59 bits per heavy atom. The van der Waals surface area contributed by atoms with Crippen LogP contribution in [0.1, 0.15) is 101 Å². The van der Waals surface area contributed by atoms with E-state index in [4.69, 9.17) is 29.0 Å². The highest BCUT2D eigenvalue weighted by Gasteiger charge is 2.37. The van der Waals surface area contributed by atoms with Crippen molar-refractivity contribution in [1.29, 1.82) is 0 Å². The van der Waals surface area contributed by atoms with Crippen LogP contribution in [0.3, 0.4) is 0 Å². The van der Waals surface area contributed by atoms with Crippen molar-refractivity contribution in [3.8, 4) is 5.75 Å². The summed E-state index contributed by atoms with van der Waals surface area (Å²) in [6.45, 7) is 16.5. The van der Waals surface area contributed by atoms with E-state index in [1.54, 1.807) is 4.52 Å². The number of piperidine rings is 1. The zero-order chi connectivity index (χ0) is 31.6. The maximum Gasteiger partial charge on any atom is 0.337 e. The summed E-state index contributed by atoms with van der Waals surface area (Å²) >= 11 is 0. The van der Waals surface area contributed by atoms with Gasteiger partial charge in [0, 0.05) is 37.0 Å². The Morgan fingerprint density at radius 1 is 1.14 bits per heavy atom. The molecule has 6 rings (SSSR count). The van der Waals surface area contributed by atoms with Crippen LogP contribution in [0.25, 0.3) is 5.65 Å². The lowest BCUT2D eigenvalue weighted by molar-refractivity contribution is -0.160.